The van der Waals surface area contributed by atoms with E-state index < -0.39 is 0 Å². The minimum atomic E-state index is -0.244. The van der Waals surface area contributed by atoms with E-state index in [2.05, 4.69) is 15.2 Å². The highest BCUT2D eigenvalue weighted by molar-refractivity contribution is 7.22. The van der Waals surface area contributed by atoms with Crippen molar-refractivity contribution in [1.29, 1.82) is 0 Å². The van der Waals surface area contributed by atoms with Crippen LogP contribution in [0.25, 0.3) is 10.2 Å². The summed E-state index contributed by atoms with van der Waals surface area (Å²) in [4.78, 5) is 18.1. The maximum absolute atomic E-state index is 13.1. The predicted octanol–water partition coefficient (Wildman–Crippen LogP) is 2.01. The molecule has 1 aliphatic heterocycles. The SMILES string of the molecule is CCNC(=O)C1CN(c2nc3ccc(F)cc3s2)C1. The fourth-order valence-electron chi connectivity index (χ4n) is 2.14. The molecule has 6 heteroatoms. The molecule has 1 aliphatic rings. The molecule has 19 heavy (non-hydrogen) atoms. The molecule has 1 amide bonds. The Balaban J connectivity index is 1.72. The lowest BCUT2D eigenvalue weighted by atomic mass is 10.0. The van der Waals surface area contributed by atoms with E-state index in [0.717, 1.165) is 15.3 Å². The molecular formula is C13H14FN3OS. The number of hydrogen-bond donors (Lipinski definition) is 1. The molecule has 1 saturated heterocycles. The summed E-state index contributed by atoms with van der Waals surface area (Å²) in [5, 5.41) is 3.68. The molecule has 100 valence electrons. The molecule has 0 spiro atoms. The van der Waals surface area contributed by atoms with E-state index in [1.54, 1.807) is 6.07 Å². The Labute approximate surface area is 114 Å². The van der Waals surface area contributed by atoms with Crippen molar-refractivity contribution in [3.8, 4) is 0 Å². The number of nitrogens with zero attached hydrogens (tertiary/aromatic N) is 2. The van der Waals surface area contributed by atoms with Gasteiger partial charge in [0.2, 0.25) is 5.91 Å². The number of fused-ring (bicyclic) bond motifs is 1. The van der Waals surface area contributed by atoms with Gasteiger partial charge in [0.05, 0.1) is 16.1 Å². The Morgan fingerprint density at radius 3 is 3.11 bits per heavy atom. The lowest BCUT2D eigenvalue weighted by molar-refractivity contribution is -0.125. The van der Waals surface area contributed by atoms with Crippen LogP contribution in [-0.4, -0.2) is 30.5 Å². The van der Waals surface area contributed by atoms with Crippen molar-refractivity contribution in [3.05, 3.63) is 24.0 Å². The first-order valence-corrected chi connectivity index (χ1v) is 7.07. The summed E-state index contributed by atoms with van der Waals surface area (Å²) in [5.41, 5.74) is 0.808. The van der Waals surface area contributed by atoms with Crippen molar-refractivity contribution in [1.82, 2.24) is 10.3 Å². The summed E-state index contributed by atoms with van der Waals surface area (Å²) < 4.78 is 14.0. The number of aromatic nitrogens is 1. The van der Waals surface area contributed by atoms with Gasteiger partial charge in [-0.05, 0) is 25.1 Å². The molecule has 2 aromatic rings. The third-order valence-electron chi connectivity index (χ3n) is 3.21. The van der Waals surface area contributed by atoms with Crippen molar-refractivity contribution in [2.75, 3.05) is 24.5 Å². The third kappa shape index (κ3) is 2.28. The zero-order chi connectivity index (χ0) is 13.4. The number of thiazole rings is 1. The van der Waals surface area contributed by atoms with E-state index in [0.29, 0.717) is 19.6 Å². The van der Waals surface area contributed by atoms with Crippen LogP contribution >= 0.6 is 11.3 Å². The molecule has 1 aromatic heterocycles. The number of benzene rings is 1. The van der Waals surface area contributed by atoms with Gasteiger partial charge in [0.25, 0.3) is 0 Å². The van der Waals surface area contributed by atoms with Gasteiger partial charge in [0.15, 0.2) is 5.13 Å². The van der Waals surface area contributed by atoms with Gasteiger partial charge in [-0.2, -0.15) is 0 Å². The van der Waals surface area contributed by atoms with Gasteiger partial charge in [0.1, 0.15) is 5.82 Å². The molecule has 0 unspecified atom stereocenters. The highest BCUT2D eigenvalue weighted by Gasteiger charge is 2.33. The second-order valence-corrected chi connectivity index (χ2v) is 5.61. The first-order chi connectivity index (χ1) is 9.17. The number of rotatable bonds is 3. The summed E-state index contributed by atoms with van der Waals surface area (Å²) in [6, 6.07) is 4.60. The molecule has 1 aromatic carbocycles. The molecule has 0 aliphatic carbocycles. The Bertz CT molecular complexity index is 621. The summed E-state index contributed by atoms with van der Waals surface area (Å²) >= 11 is 1.47. The second-order valence-electron chi connectivity index (χ2n) is 4.60. The quantitative estimate of drug-likeness (QED) is 0.935. The highest BCUT2D eigenvalue weighted by atomic mass is 32.1. The molecule has 0 atom stereocenters. The van der Waals surface area contributed by atoms with Crippen molar-refractivity contribution >= 4 is 32.6 Å². The molecule has 3 rings (SSSR count). The molecule has 2 heterocycles. The largest absolute Gasteiger partial charge is 0.356 e. The van der Waals surface area contributed by atoms with Crippen molar-refractivity contribution in [3.63, 3.8) is 0 Å². The zero-order valence-corrected chi connectivity index (χ0v) is 11.3. The van der Waals surface area contributed by atoms with Crippen LogP contribution < -0.4 is 10.2 Å². The summed E-state index contributed by atoms with van der Waals surface area (Å²) in [7, 11) is 0. The molecule has 1 N–H and O–H groups in total. The Hall–Kier alpha value is -1.69. The predicted molar refractivity (Wildman–Crippen MR) is 74.0 cm³/mol. The van der Waals surface area contributed by atoms with Crippen molar-refractivity contribution < 1.29 is 9.18 Å². The molecule has 1 fully saturated rings. The average Bonchev–Trinajstić information content (AvgIpc) is 2.69. The maximum atomic E-state index is 13.1. The minimum absolute atomic E-state index is 0.0451. The maximum Gasteiger partial charge on any atom is 0.226 e. The van der Waals surface area contributed by atoms with Crippen LogP contribution in [0.1, 0.15) is 6.92 Å². The van der Waals surface area contributed by atoms with Gasteiger partial charge in [-0.25, -0.2) is 9.37 Å². The number of carbonyl (C=O) groups excluding carboxylic acids is 1. The van der Waals surface area contributed by atoms with Crippen LogP contribution in [0.5, 0.6) is 0 Å². The van der Waals surface area contributed by atoms with Gasteiger partial charge in [0, 0.05) is 19.6 Å². The second kappa shape index (κ2) is 4.77. The van der Waals surface area contributed by atoms with Gasteiger partial charge in [-0.3, -0.25) is 4.79 Å². The Morgan fingerprint density at radius 1 is 1.58 bits per heavy atom. The number of anilines is 1. The van der Waals surface area contributed by atoms with Gasteiger partial charge >= 0.3 is 0 Å². The molecule has 0 radical (unpaired) electrons. The van der Waals surface area contributed by atoms with E-state index in [9.17, 15) is 9.18 Å². The van der Waals surface area contributed by atoms with Gasteiger partial charge in [-0.15, -0.1) is 0 Å². The average molecular weight is 279 g/mol. The van der Waals surface area contributed by atoms with Crippen LogP contribution in [0.2, 0.25) is 0 Å². The first kappa shape index (κ1) is 12.3. The van der Waals surface area contributed by atoms with E-state index in [1.165, 1.54) is 23.5 Å². The standard InChI is InChI=1S/C13H14FN3OS/c1-2-15-12(18)8-6-17(7-8)13-16-10-4-3-9(14)5-11(10)19-13/h3-5,8H,2,6-7H2,1H3,(H,15,18). The summed E-state index contributed by atoms with van der Waals surface area (Å²) in [5.74, 6) is -0.0962. The van der Waals surface area contributed by atoms with Gasteiger partial charge < -0.3 is 10.2 Å². The third-order valence-corrected chi connectivity index (χ3v) is 4.29. The van der Waals surface area contributed by atoms with Crippen LogP contribution in [0, 0.1) is 11.7 Å². The molecular weight excluding hydrogens is 265 g/mol. The summed E-state index contributed by atoms with van der Waals surface area (Å²) in [6.45, 7) is 3.95. The van der Waals surface area contributed by atoms with E-state index in [1.807, 2.05) is 6.92 Å². The van der Waals surface area contributed by atoms with Crippen LogP contribution in [-0.2, 0) is 4.79 Å². The Kier molecular flexibility index (Phi) is 3.10. The molecule has 0 saturated carbocycles. The number of amides is 1. The number of hydrogen-bond acceptors (Lipinski definition) is 4. The Morgan fingerprint density at radius 2 is 2.37 bits per heavy atom. The topological polar surface area (TPSA) is 45.2 Å². The van der Waals surface area contributed by atoms with E-state index in [4.69, 9.17) is 0 Å². The number of nitrogens with one attached hydrogen (secondary N) is 1. The monoisotopic (exact) mass is 279 g/mol. The lowest BCUT2D eigenvalue weighted by Crippen LogP contribution is -2.53. The van der Waals surface area contributed by atoms with Crippen LogP contribution in [0.3, 0.4) is 0 Å². The van der Waals surface area contributed by atoms with Gasteiger partial charge in [-0.1, -0.05) is 11.3 Å². The highest BCUT2D eigenvalue weighted by Crippen LogP contribution is 2.33. The minimum Gasteiger partial charge on any atom is -0.356 e. The number of carbonyl (C=O) groups is 1. The van der Waals surface area contributed by atoms with Crippen molar-refractivity contribution in [2.24, 2.45) is 5.92 Å². The van der Waals surface area contributed by atoms with Crippen LogP contribution in [0.4, 0.5) is 9.52 Å². The molecule has 4 nitrogen and oxygen atoms in total. The summed E-state index contributed by atoms with van der Waals surface area (Å²) in [6.07, 6.45) is 0. The van der Waals surface area contributed by atoms with Crippen LogP contribution in [0.15, 0.2) is 18.2 Å². The fourth-order valence-corrected chi connectivity index (χ4v) is 3.15. The number of halogens is 1. The van der Waals surface area contributed by atoms with E-state index in [-0.39, 0.29) is 17.6 Å². The normalized spacial score (nSPS) is 15.6. The smallest absolute Gasteiger partial charge is 0.226 e. The fraction of sp³-hybridized carbons (Fsp3) is 0.385. The van der Waals surface area contributed by atoms with E-state index >= 15 is 0 Å². The lowest BCUT2D eigenvalue weighted by Gasteiger charge is -2.37. The first-order valence-electron chi connectivity index (χ1n) is 6.26. The zero-order valence-electron chi connectivity index (χ0n) is 10.5. The van der Waals surface area contributed by atoms with Crippen molar-refractivity contribution in [2.45, 2.75) is 6.92 Å². The molecule has 0 bridgehead atoms.